The number of fused-ring (bicyclic) bond motifs is 1. The van der Waals surface area contributed by atoms with Crippen LogP contribution in [0, 0.1) is 0 Å². The van der Waals surface area contributed by atoms with Crippen LogP contribution in [0.25, 0.3) is 11.1 Å². The summed E-state index contributed by atoms with van der Waals surface area (Å²) in [7, 11) is -3.43. The van der Waals surface area contributed by atoms with Gasteiger partial charge in [-0.15, -0.1) is 0 Å². The molecule has 2 N–H and O–H groups in total. The van der Waals surface area contributed by atoms with Gasteiger partial charge in [0.05, 0.1) is 17.3 Å². The van der Waals surface area contributed by atoms with Gasteiger partial charge in [0.1, 0.15) is 19.0 Å². The quantitative estimate of drug-likeness (QED) is 0.155. The first-order valence-corrected chi connectivity index (χ1v) is 15.0. The number of rotatable bonds is 15. The topological polar surface area (TPSA) is 120 Å². The van der Waals surface area contributed by atoms with Crippen LogP contribution >= 0.6 is 0 Å². The van der Waals surface area contributed by atoms with E-state index in [1.54, 1.807) is 29.7 Å². The maximum atomic E-state index is 12.6. The predicted octanol–water partition coefficient (Wildman–Crippen LogP) is 4.60. The van der Waals surface area contributed by atoms with Crippen LogP contribution in [0.3, 0.4) is 0 Å². The molecule has 40 heavy (non-hydrogen) atoms. The van der Waals surface area contributed by atoms with Crippen molar-refractivity contribution in [3.63, 3.8) is 0 Å². The predicted molar refractivity (Wildman–Crippen MR) is 150 cm³/mol. The zero-order chi connectivity index (χ0) is 28.2. The maximum Gasteiger partial charge on any atom is 0.243 e. The van der Waals surface area contributed by atoms with Gasteiger partial charge < -0.3 is 18.9 Å². The molecule has 0 unspecified atom stereocenters. The van der Waals surface area contributed by atoms with E-state index in [1.807, 2.05) is 24.3 Å². The monoisotopic (exact) mass is 569 g/mol. The Morgan fingerprint density at radius 3 is 2.40 bits per heavy atom. The average Bonchev–Trinajstić information content (AvgIpc) is 2.98. The molecule has 0 aliphatic carbocycles. The van der Waals surface area contributed by atoms with Crippen molar-refractivity contribution in [2.45, 2.75) is 37.0 Å². The van der Waals surface area contributed by atoms with Crippen LogP contribution in [0.4, 0.5) is 0 Å². The van der Waals surface area contributed by atoms with Crippen LogP contribution in [0.2, 0.25) is 0 Å². The normalized spacial score (nSPS) is 12.6. The van der Waals surface area contributed by atoms with E-state index in [-0.39, 0.29) is 23.7 Å². The lowest BCUT2D eigenvalue weighted by atomic mass is 10.0. The number of aryl methyl sites for hydroxylation is 1. The van der Waals surface area contributed by atoms with Crippen LogP contribution in [-0.4, -0.2) is 58.3 Å². The van der Waals surface area contributed by atoms with E-state index >= 15 is 0 Å². The number of benzene rings is 3. The Balaban J connectivity index is 1.18. The lowest BCUT2D eigenvalue weighted by Crippen LogP contribution is -2.18. The third-order valence-electron chi connectivity index (χ3n) is 6.38. The Hall–Kier alpha value is -3.60. The minimum absolute atomic E-state index is 0.0321. The first-order valence-electron chi connectivity index (χ1n) is 13.4. The van der Waals surface area contributed by atoms with Crippen molar-refractivity contribution in [2.75, 3.05) is 38.8 Å². The van der Waals surface area contributed by atoms with Gasteiger partial charge in [0.15, 0.2) is 21.3 Å². The zero-order valence-corrected chi connectivity index (χ0v) is 23.2. The van der Waals surface area contributed by atoms with Gasteiger partial charge in [-0.1, -0.05) is 30.3 Å². The van der Waals surface area contributed by atoms with Crippen molar-refractivity contribution in [3.8, 4) is 28.4 Å². The van der Waals surface area contributed by atoms with Gasteiger partial charge in [-0.05, 0) is 78.8 Å². The van der Waals surface area contributed by atoms with Gasteiger partial charge in [0, 0.05) is 19.6 Å². The van der Waals surface area contributed by atoms with Crippen LogP contribution < -0.4 is 19.7 Å². The minimum atomic E-state index is -3.43. The molecule has 0 saturated carbocycles. The molecule has 0 saturated heterocycles. The fraction of sp³-hybridized carbons (Fsp3) is 0.367. The van der Waals surface area contributed by atoms with E-state index in [4.69, 9.17) is 24.2 Å². The summed E-state index contributed by atoms with van der Waals surface area (Å²) < 4.78 is 47.7. The molecule has 0 fully saturated rings. The Labute approximate surface area is 234 Å². The molecule has 0 atom stereocenters. The molecule has 3 aromatic carbocycles. The smallest absolute Gasteiger partial charge is 0.243 e. The second kappa shape index (κ2) is 14.7. The second-order valence-corrected chi connectivity index (χ2v) is 11.5. The second-order valence-electron chi connectivity index (χ2n) is 9.41. The number of amides is 1. The third kappa shape index (κ3) is 8.70. The van der Waals surface area contributed by atoms with E-state index in [0.717, 1.165) is 35.5 Å². The molecular formula is C30H35NO8S. The molecule has 1 aliphatic rings. The SMILES string of the molecule is O=C(CCCOCCCS(=O)(=O)c1ccc(OCCCc2cccc(-c3ccc4c(c3)OCCO4)c2)cc1)NO. The number of hydrogen-bond acceptors (Lipinski definition) is 8. The number of carbonyl (C=O) groups is 1. The molecule has 0 aromatic heterocycles. The standard InChI is InChI=1S/C30H35NO8S/c32-30(31-33)8-3-15-36-16-4-20-40(34,35)27-12-10-26(11-13-27)37-17-2-6-23-5-1-7-24(21-23)25-9-14-28-29(22-25)39-19-18-38-28/h1,5,7,9-14,21-22,33H,2-4,6,8,15-20H2,(H,31,32). The van der Waals surface area contributed by atoms with Crippen molar-refractivity contribution < 1.29 is 37.4 Å². The van der Waals surface area contributed by atoms with Crippen LogP contribution in [0.5, 0.6) is 17.2 Å². The molecule has 0 bridgehead atoms. The first kappa shape index (κ1) is 29.4. The third-order valence-corrected chi connectivity index (χ3v) is 8.20. The van der Waals surface area contributed by atoms with E-state index in [0.29, 0.717) is 45.0 Å². The molecular weight excluding hydrogens is 534 g/mol. The van der Waals surface area contributed by atoms with Gasteiger partial charge in [-0.25, -0.2) is 13.9 Å². The Kier molecular flexibility index (Phi) is 10.8. The largest absolute Gasteiger partial charge is 0.494 e. The van der Waals surface area contributed by atoms with Gasteiger partial charge >= 0.3 is 0 Å². The molecule has 1 heterocycles. The summed E-state index contributed by atoms with van der Waals surface area (Å²) in [6.07, 6.45) is 2.62. The van der Waals surface area contributed by atoms with Gasteiger partial charge in [-0.2, -0.15) is 0 Å². The molecule has 4 rings (SSSR count). The number of sulfone groups is 1. The molecule has 9 nitrogen and oxygen atoms in total. The lowest BCUT2D eigenvalue weighted by molar-refractivity contribution is -0.129. The summed E-state index contributed by atoms with van der Waals surface area (Å²) >= 11 is 0. The number of hydrogen-bond donors (Lipinski definition) is 2. The van der Waals surface area contributed by atoms with Crippen molar-refractivity contribution >= 4 is 15.7 Å². The van der Waals surface area contributed by atoms with Gasteiger partial charge in [-0.3, -0.25) is 10.0 Å². The summed E-state index contributed by atoms with van der Waals surface area (Å²) in [6.45, 7) is 2.24. The Morgan fingerprint density at radius 1 is 0.850 bits per heavy atom. The molecule has 1 aliphatic heterocycles. The first-order chi connectivity index (χ1) is 19.4. The highest BCUT2D eigenvalue weighted by molar-refractivity contribution is 7.91. The van der Waals surface area contributed by atoms with Gasteiger partial charge in [0.25, 0.3) is 0 Å². The highest BCUT2D eigenvalue weighted by atomic mass is 32.2. The highest BCUT2D eigenvalue weighted by Gasteiger charge is 2.15. The fourth-order valence-corrected chi connectivity index (χ4v) is 5.58. The molecule has 0 radical (unpaired) electrons. The molecule has 3 aromatic rings. The molecule has 1 amide bonds. The molecule has 10 heteroatoms. The number of nitrogens with one attached hydrogen (secondary N) is 1. The zero-order valence-electron chi connectivity index (χ0n) is 22.3. The summed E-state index contributed by atoms with van der Waals surface area (Å²) in [5.41, 5.74) is 4.96. The Morgan fingerprint density at radius 2 is 1.60 bits per heavy atom. The van der Waals surface area contributed by atoms with E-state index in [1.165, 1.54) is 5.56 Å². The molecule has 0 spiro atoms. The summed E-state index contributed by atoms with van der Waals surface area (Å²) in [5, 5.41) is 8.43. The Bertz CT molecular complexity index is 1360. The summed E-state index contributed by atoms with van der Waals surface area (Å²) in [6, 6.07) is 20.9. The van der Waals surface area contributed by atoms with Crippen LogP contribution in [0.15, 0.2) is 71.6 Å². The highest BCUT2D eigenvalue weighted by Crippen LogP contribution is 2.34. The number of carbonyl (C=O) groups excluding carboxylic acids is 1. The summed E-state index contributed by atoms with van der Waals surface area (Å²) in [5.74, 6) is 1.67. The van der Waals surface area contributed by atoms with Crippen LogP contribution in [-0.2, 0) is 25.8 Å². The van der Waals surface area contributed by atoms with Crippen molar-refractivity contribution in [2.24, 2.45) is 0 Å². The average molecular weight is 570 g/mol. The van der Waals surface area contributed by atoms with Crippen molar-refractivity contribution in [1.29, 1.82) is 0 Å². The molecule has 214 valence electrons. The fourth-order valence-electron chi connectivity index (χ4n) is 4.30. The lowest BCUT2D eigenvalue weighted by Gasteiger charge is -2.19. The van der Waals surface area contributed by atoms with Gasteiger partial charge in [0.2, 0.25) is 5.91 Å². The number of hydroxylamine groups is 1. The van der Waals surface area contributed by atoms with E-state index < -0.39 is 15.7 Å². The van der Waals surface area contributed by atoms with Crippen molar-refractivity contribution in [1.82, 2.24) is 5.48 Å². The van der Waals surface area contributed by atoms with E-state index in [9.17, 15) is 13.2 Å². The van der Waals surface area contributed by atoms with Crippen molar-refractivity contribution in [3.05, 3.63) is 72.3 Å². The van der Waals surface area contributed by atoms with E-state index in [2.05, 4.69) is 18.2 Å². The maximum absolute atomic E-state index is 12.6. The summed E-state index contributed by atoms with van der Waals surface area (Å²) in [4.78, 5) is 11.2. The number of ether oxygens (including phenoxy) is 4. The van der Waals surface area contributed by atoms with Crippen LogP contribution in [0.1, 0.15) is 31.2 Å². The minimum Gasteiger partial charge on any atom is -0.494 e.